The van der Waals surface area contributed by atoms with Gasteiger partial charge in [0.1, 0.15) is 0 Å². The van der Waals surface area contributed by atoms with Gasteiger partial charge in [0.25, 0.3) is 0 Å². The van der Waals surface area contributed by atoms with Gasteiger partial charge < -0.3 is 10.1 Å². The van der Waals surface area contributed by atoms with Crippen molar-refractivity contribution in [2.45, 2.75) is 20.8 Å². The third kappa shape index (κ3) is 5.36. The van der Waals surface area contributed by atoms with E-state index >= 15 is 0 Å². The lowest BCUT2D eigenvalue weighted by molar-refractivity contribution is -0.142. The van der Waals surface area contributed by atoms with Crippen LogP contribution in [0.4, 0.5) is 5.69 Å². The number of anilines is 1. The Morgan fingerprint density at radius 2 is 1.95 bits per heavy atom. The standard InChI is InChI=1S/C15H21ClN2O3/c1-5-18(9-14(20)21-4)8-13(19)17-15-11(3)6-10(2)7-12(15)16/h6-7H,5,8-9H2,1-4H3,(H,17,19). The maximum absolute atomic E-state index is 12.1. The first-order valence-electron chi connectivity index (χ1n) is 6.73. The Labute approximate surface area is 130 Å². The number of nitrogens with one attached hydrogen (secondary N) is 1. The van der Waals surface area contributed by atoms with Gasteiger partial charge in [0, 0.05) is 0 Å². The van der Waals surface area contributed by atoms with Gasteiger partial charge in [-0.2, -0.15) is 0 Å². The molecule has 0 aromatic heterocycles. The first-order chi connectivity index (χ1) is 9.87. The summed E-state index contributed by atoms with van der Waals surface area (Å²) in [4.78, 5) is 25.0. The van der Waals surface area contributed by atoms with E-state index in [9.17, 15) is 9.59 Å². The molecule has 0 unspecified atom stereocenters. The smallest absolute Gasteiger partial charge is 0.319 e. The normalized spacial score (nSPS) is 10.6. The number of rotatable bonds is 6. The molecule has 0 spiro atoms. The number of halogens is 1. The van der Waals surface area contributed by atoms with Gasteiger partial charge in [0.2, 0.25) is 5.91 Å². The van der Waals surface area contributed by atoms with Crippen molar-refractivity contribution in [3.05, 3.63) is 28.3 Å². The van der Waals surface area contributed by atoms with Crippen LogP contribution in [-0.4, -0.2) is 43.5 Å². The predicted molar refractivity (Wildman–Crippen MR) is 83.7 cm³/mol. The van der Waals surface area contributed by atoms with E-state index in [0.29, 0.717) is 17.3 Å². The van der Waals surface area contributed by atoms with Gasteiger partial charge in [-0.05, 0) is 37.6 Å². The van der Waals surface area contributed by atoms with Crippen molar-refractivity contribution in [3.63, 3.8) is 0 Å². The molecule has 0 atom stereocenters. The SMILES string of the molecule is CCN(CC(=O)Nc1c(C)cc(C)cc1Cl)CC(=O)OC. The zero-order chi connectivity index (χ0) is 16.0. The molecule has 1 aromatic rings. The highest BCUT2D eigenvalue weighted by molar-refractivity contribution is 6.34. The number of carbonyl (C=O) groups excluding carboxylic acids is 2. The number of hydrogen-bond donors (Lipinski definition) is 1. The number of carbonyl (C=O) groups is 2. The topological polar surface area (TPSA) is 58.6 Å². The first-order valence-corrected chi connectivity index (χ1v) is 7.11. The summed E-state index contributed by atoms with van der Waals surface area (Å²) in [6.45, 7) is 6.47. The highest BCUT2D eigenvalue weighted by Gasteiger charge is 2.15. The fourth-order valence-electron chi connectivity index (χ4n) is 1.98. The van der Waals surface area contributed by atoms with E-state index in [1.165, 1.54) is 7.11 Å². The average molecular weight is 313 g/mol. The predicted octanol–water partition coefficient (Wildman–Crippen LogP) is 2.39. The summed E-state index contributed by atoms with van der Waals surface area (Å²) in [5.74, 6) is -0.580. The maximum Gasteiger partial charge on any atom is 0.319 e. The summed E-state index contributed by atoms with van der Waals surface area (Å²) in [6, 6.07) is 3.75. The number of ether oxygens (including phenoxy) is 1. The molecule has 0 saturated carbocycles. The number of nitrogens with zero attached hydrogens (tertiary/aromatic N) is 1. The lowest BCUT2D eigenvalue weighted by Crippen LogP contribution is -2.37. The van der Waals surface area contributed by atoms with Gasteiger partial charge in [-0.3, -0.25) is 14.5 Å². The Hall–Kier alpha value is -1.59. The Morgan fingerprint density at radius 3 is 2.48 bits per heavy atom. The molecular weight excluding hydrogens is 292 g/mol. The van der Waals surface area contributed by atoms with Crippen molar-refractivity contribution in [1.29, 1.82) is 0 Å². The molecule has 0 saturated heterocycles. The van der Waals surface area contributed by atoms with Crippen LogP contribution < -0.4 is 5.32 Å². The minimum atomic E-state index is -0.366. The van der Waals surface area contributed by atoms with Gasteiger partial charge in [-0.1, -0.05) is 24.6 Å². The molecule has 0 aliphatic heterocycles. The summed E-state index contributed by atoms with van der Waals surface area (Å²) < 4.78 is 4.60. The van der Waals surface area contributed by atoms with Gasteiger partial charge in [-0.25, -0.2) is 0 Å². The molecule has 1 N–H and O–H groups in total. The Kier molecular flexibility index (Phi) is 6.65. The number of methoxy groups -OCH3 is 1. The van der Waals surface area contributed by atoms with Crippen LogP contribution in [0, 0.1) is 13.8 Å². The van der Waals surface area contributed by atoms with Crippen molar-refractivity contribution in [2.24, 2.45) is 0 Å². The molecule has 1 aromatic carbocycles. The largest absolute Gasteiger partial charge is 0.468 e. The fourth-order valence-corrected chi connectivity index (χ4v) is 2.35. The lowest BCUT2D eigenvalue weighted by Gasteiger charge is -2.19. The van der Waals surface area contributed by atoms with Crippen LogP contribution in [0.15, 0.2) is 12.1 Å². The zero-order valence-corrected chi connectivity index (χ0v) is 13.6. The van der Waals surface area contributed by atoms with Crippen LogP contribution >= 0.6 is 11.6 Å². The first kappa shape index (κ1) is 17.5. The van der Waals surface area contributed by atoms with Crippen LogP contribution in [0.1, 0.15) is 18.1 Å². The van der Waals surface area contributed by atoms with E-state index in [2.05, 4.69) is 10.1 Å². The zero-order valence-electron chi connectivity index (χ0n) is 12.8. The van der Waals surface area contributed by atoms with E-state index < -0.39 is 0 Å². The van der Waals surface area contributed by atoms with E-state index in [4.69, 9.17) is 11.6 Å². The fraction of sp³-hybridized carbons (Fsp3) is 0.467. The summed E-state index contributed by atoms with van der Waals surface area (Å²) in [6.07, 6.45) is 0. The molecule has 1 rings (SSSR count). The molecular formula is C15H21ClN2O3. The second-order valence-electron chi connectivity index (χ2n) is 4.87. The van der Waals surface area contributed by atoms with Crippen LogP contribution in [0.3, 0.4) is 0 Å². The number of benzene rings is 1. The minimum absolute atomic E-state index is 0.0844. The average Bonchev–Trinajstić information content (AvgIpc) is 2.41. The second kappa shape index (κ2) is 8.00. The molecule has 0 bridgehead atoms. The number of amides is 1. The Balaban J connectivity index is 2.71. The quantitative estimate of drug-likeness (QED) is 0.819. The van der Waals surface area contributed by atoms with Gasteiger partial charge in [0.05, 0.1) is 30.9 Å². The maximum atomic E-state index is 12.1. The molecule has 21 heavy (non-hydrogen) atoms. The van der Waals surface area contributed by atoms with Crippen LogP contribution in [0.25, 0.3) is 0 Å². The second-order valence-corrected chi connectivity index (χ2v) is 5.27. The minimum Gasteiger partial charge on any atom is -0.468 e. The number of esters is 1. The van der Waals surface area contributed by atoms with Crippen molar-refractivity contribution < 1.29 is 14.3 Å². The Bertz CT molecular complexity index is 509. The summed E-state index contributed by atoms with van der Waals surface area (Å²) >= 11 is 6.15. The van der Waals surface area contributed by atoms with E-state index in [1.807, 2.05) is 26.8 Å². The summed E-state index contributed by atoms with van der Waals surface area (Å²) in [7, 11) is 1.33. The molecule has 0 aliphatic rings. The van der Waals surface area contributed by atoms with E-state index in [1.54, 1.807) is 11.0 Å². The van der Waals surface area contributed by atoms with Gasteiger partial charge in [-0.15, -0.1) is 0 Å². The third-order valence-corrected chi connectivity index (χ3v) is 3.39. The van der Waals surface area contributed by atoms with Crippen molar-refractivity contribution >= 4 is 29.2 Å². The highest BCUT2D eigenvalue weighted by Crippen LogP contribution is 2.27. The number of aryl methyl sites for hydroxylation is 2. The Morgan fingerprint density at radius 1 is 1.29 bits per heavy atom. The molecule has 0 heterocycles. The summed E-state index contributed by atoms with van der Waals surface area (Å²) in [5.41, 5.74) is 2.56. The van der Waals surface area contributed by atoms with Crippen molar-refractivity contribution in [1.82, 2.24) is 4.90 Å². The van der Waals surface area contributed by atoms with E-state index in [0.717, 1.165) is 11.1 Å². The highest BCUT2D eigenvalue weighted by atomic mass is 35.5. The number of likely N-dealkylation sites (N-methyl/N-ethyl adjacent to an activating group) is 1. The van der Waals surface area contributed by atoms with Crippen LogP contribution in [0.2, 0.25) is 5.02 Å². The molecule has 1 amide bonds. The molecule has 6 heteroatoms. The van der Waals surface area contributed by atoms with Gasteiger partial charge >= 0.3 is 5.97 Å². The van der Waals surface area contributed by atoms with Crippen LogP contribution in [0.5, 0.6) is 0 Å². The molecule has 5 nitrogen and oxygen atoms in total. The summed E-state index contributed by atoms with van der Waals surface area (Å²) in [5, 5.41) is 3.31. The molecule has 0 aliphatic carbocycles. The molecule has 116 valence electrons. The van der Waals surface area contributed by atoms with Crippen molar-refractivity contribution in [2.75, 3.05) is 32.1 Å². The monoisotopic (exact) mass is 312 g/mol. The number of hydrogen-bond acceptors (Lipinski definition) is 4. The van der Waals surface area contributed by atoms with Crippen LogP contribution in [-0.2, 0) is 14.3 Å². The third-order valence-electron chi connectivity index (χ3n) is 3.09. The van der Waals surface area contributed by atoms with Gasteiger partial charge in [0.15, 0.2) is 0 Å². The van der Waals surface area contributed by atoms with E-state index in [-0.39, 0.29) is 25.0 Å². The molecule has 0 radical (unpaired) electrons. The van der Waals surface area contributed by atoms with Crippen molar-refractivity contribution in [3.8, 4) is 0 Å². The molecule has 0 fully saturated rings. The lowest BCUT2D eigenvalue weighted by atomic mass is 10.1.